The zero-order chi connectivity index (χ0) is 15.7. The molecule has 1 N–H and O–H groups in total. The van der Waals surface area contributed by atoms with Gasteiger partial charge in [0.25, 0.3) is 0 Å². The van der Waals surface area contributed by atoms with E-state index in [0.717, 1.165) is 31.0 Å². The summed E-state index contributed by atoms with van der Waals surface area (Å²) in [6.45, 7) is 11.4. The number of ether oxygens (including phenoxy) is 2. The standard InChI is InChI=1S/C17H28ClNO2/c1-5-20-15-8-6-7-9-16(15)21-11-10-19-13-14(18)12-17(2,3)4/h6-9,14,19H,5,10-13H2,1-4H3. The molecule has 1 atom stereocenters. The highest BCUT2D eigenvalue weighted by atomic mass is 35.5. The topological polar surface area (TPSA) is 30.5 Å². The number of alkyl halides is 1. The van der Waals surface area contributed by atoms with Crippen molar-refractivity contribution in [1.82, 2.24) is 5.32 Å². The minimum absolute atomic E-state index is 0.153. The van der Waals surface area contributed by atoms with E-state index in [2.05, 4.69) is 26.1 Å². The van der Waals surface area contributed by atoms with Gasteiger partial charge in [0.2, 0.25) is 0 Å². The summed E-state index contributed by atoms with van der Waals surface area (Å²) in [4.78, 5) is 0. The summed E-state index contributed by atoms with van der Waals surface area (Å²) in [7, 11) is 0. The molecule has 0 heterocycles. The highest BCUT2D eigenvalue weighted by Crippen LogP contribution is 2.26. The Morgan fingerprint density at radius 3 is 2.33 bits per heavy atom. The molecule has 3 nitrogen and oxygen atoms in total. The lowest BCUT2D eigenvalue weighted by Crippen LogP contribution is -2.29. The molecule has 0 saturated carbocycles. The summed E-state index contributed by atoms with van der Waals surface area (Å²) >= 11 is 6.30. The average molecular weight is 314 g/mol. The number of benzene rings is 1. The van der Waals surface area contributed by atoms with Crippen LogP contribution < -0.4 is 14.8 Å². The first-order valence-electron chi connectivity index (χ1n) is 7.62. The van der Waals surface area contributed by atoms with Crippen molar-refractivity contribution in [1.29, 1.82) is 0 Å². The van der Waals surface area contributed by atoms with Crippen LogP contribution in [0.3, 0.4) is 0 Å². The number of hydrogen-bond acceptors (Lipinski definition) is 3. The molecule has 0 fully saturated rings. The Hall–Kier alpha value is -0.930. The molecule has 0 spiro atoms. The predicted molar refractivity (Wildman–Crippen MR) is 89.7 cm³/mol. The molecule has 120 valence electrons. The lowest BCUT2D eigenvalue weighted by atomic mass is 9.90. The van der Waals surface area contributed by atoms with Crippen molar-refractivity contribution >= 4 is 11.6 Å². The molecule has 0 bridgehead atoms. The molecule has 0 saturated heterocycles. The quantitative estimate of drug-likeness (QED) is 0.550. The van der Waals surface area contributed by atoms with Crippen LogP contribution in [-0.4, -0.2) is 31.7 Å². The van der Waals surface area contributed by atoms with Crippen molar-refractivity contribution in [3.8, 4) is 11.5 Å². The van der Waals surface area contributed by atoms with Crippen LogP contribution in [0.5, 0.6) is 11.5 Å². The second kappa shape index (κ2) is 9.16. The van der Waals surface area contributed by atoms with Gasteiger partial charge in [-0.2, -0.15) is 0 Å². The molecule has 1 unspecified atom stereocenters. The van der Waals surface area contributed by atoms with Crippen molar-refractivity contribution < 1.29 is 9.47 Å². The van der Waals surface area contributed by atoms with Crippen molar-refractivity contribution in [2.75, 3.05) is 26.3 Å². The Labute approximate surface area is 134 Å². The Morgan fingerprint density at radius 1 is 1.14 bits per heavy atom. The zero-order valence-electron chi connectivity index (χ0n) is 13.6. The largest absolute Gasteiger partial charge is 0.490 e. The summed E-state index contributed by atoms with van der Waals surface area (Å²) in [5.41, 5.74) is 0.265. The smallest absolute Gasteiger partial charge is 0.161 e. The van der Waals surface area contributed by atoms with E-state index in [4.69, 9.17) is 21.1 Å². The van der Waals surface area contributed by atoms with Crippen molar-refractivity contribution in [2.24, 2.45) is 5.41 Å². The molecular weight excluding hydrogens is 286 g/mol. The van der Waals surface area contributed by atoms with E-state index in [1.54, 1.807) is 0 Å². The van der Waals surface area contributed by atoms with E-state index in [9.17, 15) is 0 Å². The molecule has 0 aliphatic rings. The summed E-state index contributed by atoms with van der Waals surface area (Å²) < 4.78 is 11.3. The number of nitrogens with one attached hydrogen (secondary N) is 1. The van der Waals surface area contributed by atoms with Crippen LogP contribution in [0.1, 0.15) is 34.1 Å². The van der Waals surface area contributed by atoms with E-state index in [0.29, 0.717) is 13.2 Å². The van der Waals surface area contributed by atoms with E-state index in [1.165, 1.54) is 0 Å². The Morgan fingerprint density at radius 2 is 1.76 bits per heavy atom. The van der Waals surface area contributed by atoms with E-state index >= 15 is 0 Å². The SMILES string of the molecule is CCOc1ccccc1OCCNCC(Cl)CC(C)(C)C. The van der Waals surface area contributed by atoms with Gasteiger partial charge in [0, 0.05) is 18.5 Å². The monoisotopic (exact) mass is 313 g/mol. The summed E-state index contributed by atoms with van der Waals surface area (Å²) in [6, 6.07) is 7.74. The highest BCUT2D eigenvalue weighted by molar-refractivity contribution is 6.20. The van der Waals surface area contributed by atoms with E-state index < -0.39 is 0 Å². The minimum Gasteiger partial charge on any atom is -0.490 e. The van der Waals surface area contributed by atoms with Gasteiger partial charge in [0.1, 0.15) is 6.61 Å². The molecule has 1 aromatic rings. The third-order valence-corrected chi connectivity index (χ3v) is 3.19. The molecule has 1 rings (SSSR count). The van der Waals surface area contributed by atoms with Gasteiger partial charge < -0.3 is 14.8 Å². The van der Waals surface area contributed by atoms with E-state index in [-0.39, 0.29) is 10.8 Å². The lowest BCUT2D eigenvalue weighted by molar-refractivity contribution is 0.274. The predicted octanol–water partition coefficient (Wildman–Crippen LogP) is 4.10. The lowest BCUT2D eigenvalue weighted by Gasteiger charge is -2.22. The maximum absolute atomic E-state index is 6.30. The average Bonchev–Trinajstić information content (AvgIpc) is 2.38. The first-order chi connectivity index (χ1) is 9.92. The van der Waals surface area contributed by atoms with Crippen LogP contribution in [0.2, 0.25) is 0 Å². The molecule has 4 heteroatoms. The summed E-state index contributed by atoms with van der Waals surface area (Å²) in [5, 5.41) is 3.49. The Kier molecular flexibility index (Phi) is 7.91. The van der Waals surface area contributed by atoms with Crippen molar-refractivity contribution in [2.45, 2.75) is 39.5 Å². The van der Waals surface area contributed by atoms with Gasteiger partial charge >= 0.3 is 0 Å². The maximum Gasteiger partial charge on any atom is 0.161 e. The molecule has 0 radical (unpaired) electrons. The van der Waals surface area contributed by atoms with Gasteiger partial charge in [0.15, 0.2) is 11.5 Å². The van der Waals surface area contributed by atoms with Gasteiger partial charge in [-0.05, 0) is 30.9 Å². The first kappa shape index (κ1) is 18.1. The Balaban J connectivity index is 2.23. The second-order valence-corrected chi connectivity index (χ2v) is 6.91. The van der Waals surface area contributed by atoms with Gasteiger partial charge in [-0.1, -0.05) is 32.9 Å². The number of hydrogen-bond donors (Lipinski definition) is 1. The van der Waals surface area contributed by atoms with Crippen molar-refractivity contribution in [3.63, 3.8) is 0 Å². The van der Waals surface area contributed by atoms with Crippen LogP contribution >= 0.6 is 11.6 Å². The molecule has 0 aromatic heterocycles. The van der Waals surface area contributed by atoms with Gasteiger partial charge in [0.05, 0.1) is 6.61 Å². The summed E-state index contributed by atoms with van der Waals surface area (Å²) in [6.07, 6.45) is 0.996. The Bertz CT molecular complexity index is 404. The highest BCUT2D eigenvalue weighted by Gasteiger charge is 2.16. The fourth-order valence-corrected chi connectivity index (χ4v) is 2.64. The second-order valence-electron chi connectivity index (χ2n) is 6.29. The van der Waals surface area contributed by atoms with Crippen LogP contribution in [-0.2, 0) is 0 Å². The number of rotatable bonds is 9. The van der Waals surface area contributed by atoms with Gasteiger partial charge in [-0.3, -0.25) is 0 Å². The molecule has 21 heavy (non-hydrogen) atoms. The third-order valence-electron chi connectivity index (χ3n) is 2.89. The van der Waals surface area contributed by atoms with Gasteiger partial charge in [-0.25, -0.2) is 0 Å². The van der Waals surface area contributed by atoms with Crippen LogP contribution in [0.15, 0.2) is 24.3 Å². The third kappa shape index (κ3) is 8.18. The fraction of sp³-hybridized carbons (Fsp3) is 0.647. The number of para-hydroxylation sites is 2. The maximum atomic E-state index is 6.30. The molecular formula is C17H28ClNO2. The minimum atomic E-state index is 0.153. The fourth-order valence-electron chi connectivity index (χ4n) is 2.07. The normalized spacial score (nSPS) is 13.0. The molecule has 1 aromatic carbocycles. The number of halogens is 1. The molecule has 0 amide bonds. The zero-order valence-corrected chi connectivity index (χ0v) is 14.4. The first-order valence-corrected chi connectivity index (χ1v) is 8.05. The molecule has 0 aliphatic heterocycles. The van der Waals surface area contributed by atoms with Crippen LogP contribution in [0.25, 0.3) is 0 Å². The summed E-state index contributed by atoms with van der Waals surface area (Å²) in [5.74, 6) is 1.58. The van der Waals surface area contributed by atoms with Crippen LogP contribution in [0, 0.1) is 5.41 Å². The van der Waals surface area contributed by atoms with Crippen molar-refractivity contribution in [3.05, 3.63) is 24.3 Å². The van der Waals surface area contributed by atoms with E-state index in [1.807, 2.05) is 31.2 Å². The van der Waals surface area contributed by atoms with Gasteiger partial charge in [-0.15, -0.1) is 11.6 Å². The van der Waals surface area contributed by atoms with Crippen LogP contribution in [0.4, 0.5) is 0 Å². The molecule has 0 aliphatic carbocycles.